The van der Waals surface area contributed by atoms with Crippen molar-refractivity contribution in [2.75, 3.05) is 4.72 Å². The highest BCUT2D eigenvalue weighted by Crippen LogP contribution is 2.25. The van der Waals surface area contributed by atoms with Crippen LogP contribution in [0.1, 0.15) is 10.4 Å². The molecule has 0 saturated heterocycles. The van der Waals surface area contributed by atoms with E-state index >= 15 is 0 Å². The van der Waals surface area contributed by atoms with Crippen LogP contribution < -0.4 is 10.5 Å². The zero-order valence-electron chi connectivity index (χ0n) is 10.2. The minimum atomic E-state index is -3.76. The van der Waals surface area contributed by atoms with Crippen molar-refractivity contribution in [1.82, 2.24) is 0 Å². The Morgan fingerprint density at radius 2 is 1.75 bits per heavy atom. The number of primary amides is 1. The topological polar surface area (TPSA) is 89.3 Å². The largest absolute Gasteiger partial charge is 0.366 e. The van der Waals surface area contributed by atoms with Crippen LogP contribution in [-0.4, -0.2) is 14.3 Å². The minimum Gasteiger partial charge on any atom is -0.366 e. The van der Waals surface area contributed by atoms with Gasteiger partial charge in [-0.3, -0.25) is 9.52 Å². The van der Waals surface area contributed by atoms with Gasteiger partial charge in [-0.15, -0.1) is 0 Å². The Kier molecular flexibility index (Phi) is 3.96. The van der Waals surface area contributed by atoms with Crippen molar-refractivity contribution < 1.29 is 13.2 Å². The molecular formula is C13H11ClN2O3S. The number of nitrogens with two attached hydrogens (primary N) is 1. The Hall–Kier alpha value is -2.05. The summed E-state index contributed by atoms with van der Waals surface area (Å²) in [5.41, 5.74) is 5.42. The van der Waals surface area contributed by atoms with Gasteiger partial charge in [0, 0.05) is 5.56 Å². The van der Waals surface area contributed by atoms with Crippen LogP contribution in [0.3, 0.4) is 0 Å². The van der Waals surface area contributed by atoms with Gasteiger partial charge in [0.15, 0.2) is 0 Å². The van der Waals surface area contributed by atoms with Crippen LogP contribution in [-0.2, 0) is 10.0 Å². The lowest BCUT2D eigenvalue weighted by molar-refractivity contribution is 0.100. The summed E-state index contributed by atoms with van der Waals surface area (Å²) in [5, 5.41) is 0.175. The van der Waals surface area contributed by atoms with E-state index in [1.807, 2.05) is 0 Å². The number of carbonyl (C=O) groups excluding carboxylic acids is 1. The molecule has 0 aliphatic rings. The van der Waals surface area contributed by atoms with Gasteiger partial charge in [0.05, 0.1) is 15.6 Å². The van der Waals surface area contributed by atoms with Gasteiger partial charge in [0.1, 0.15) is 0 Å². The van der Waals surface area contributed by atoms with Gasteiger partial charge in [-0.05, 0) is 30.3 Å². The normalized spacial score (nSPS) is 11.1. The lowest BCUT2D eigenvalue weighted by atomic mass is 10.2. The average Bonchev–Trinajstić information content (AvgIpc) is 2.42. The highest BCUT2D eigenvalue weighted by Gasteiger charge is 2.16. The number of hydrogen-bond acceptors (Lipinski definition) is 3. The molecule has 1 amide bonds. The molecule has 0 aromatic heterocycles. The second-order valence-corrected chi connectivity index (χ2v) is 6.07. The number of nitrogens with one attached hydrogen (secondary N) is 1. The second kappa shape index (κ2) is 5.52. The lowest BCUT2D eigenvalue weighted by Crippen LogP contribution is -2.15. The molecule has 3 N–H and O–H groups in total. The number of sulfonamides is 1. The Morgan fingerprint density at radius 3 is 2.35 bits per heavy atom. The molecule has 104 valence electrons. The van der Waals surface area contributed by atoms with Crippen LogP contribution in [0, 0.1) is 0 Å². The summed E-state index contributed by atoms with van der Waals surface area (Å²) in [6.45, 7) is 0. The molecule has 7 heteroatoms. The predicted octanol–water partition coefficient (Wildman–Crippen LogP) is 2.24. The molecule has 2 aromatic carbocycles. The van der Waals surface area contributed by atoms with Gasteiger partial charge >= 0.3 is 0 Å². The SMILES string of the molecule is NC(=O)c1ccc(Cl)c(NS(=O)(=O)c2ccccc2)c1. The molecule has 0 aliphatic heterocycles. The molecule has 0 heterocycles. The van der Waals surface area contributed by atoms with Gasteiger partial charge in [0.2, 0.25) is 5.91 Å². The zero-order chi connectivity index (χ0) is 14.8. The molecule has 0 saturated carbocycles. The van der Waals surface area contributed by atoms with Gasteiger partial charge in [0.25, 0.3) is 10.0 Å². The first-order valence-corrected chi connectivity index (χ1v) is 7.43. The van der Waals surface area contributed by atoms with E-state index in [0.717, 1.165) is 0 Å². The molecular weight excluding hydrogens is 300 g/mol. The summed E-state index contributed by atoms with van der Waals surface area (Å²) >= 11 is 5.92. The predicted molar refractivity (Wildman–Crippen MR) is 77.2 cm³/mol. The number of halogens is 1. The fourth-order valence-corrected chi connectivity index (χ4v) is 2.87. The first kappa shape index (κ1) is 14.4. The molecule has 0 atom stereocenters. The Labute approximate surface area is 121 Å². The monoisotopic (exact) mass is 310 g/mol. The van der Waals surface area contributed by atoms with Crippen LogP contribution in [0.4, 0.5) is 5.69 Å². The molecule has 2 rings (SSSR count). The van der Waals surface area contributed by atoms with E-state index in [-0.39, 0.29) is 21.2 Å². The van der Waals surface area contributed by atoms with E-state index in [4.69, 9.17) is 17.3 Å². The maximum absolute atomic E-state index is 12.1. The summed E-state index contributed by atoms with van der Waals surface area (Å²) in [6, 6.07) is 12.0. The fraction of sp³-hybridized carbons (Fsp3) is 0. The fourth-order valence-electron chi connectivity index (χ4n) is 1.56. The van der Waals surface area contributed by atoms with Gasteiger partial charge in [-0.1, -0.05) is 29.8 Å². The molecule has 20 heavy (non-hydrogen) atoms. The summed E-state index contributed by atoms with van der Waals surface area (Å²) < 4.78 is 26.6. The van der Waals surface area contributed by atoms with E-state index in [9.17, 15) is 13.2 Å². The molecule has 0 unspecified atom stereocenters. The summed E-state index contributed by atoms with van der Waals surface area (Å²) in [4.78, 5) is 11.2. The van der Waals surface area contributed by atoms with Gasteiger partial charge in [-0.25, -0.2) is 8.42 Å². The summed E-state index contributed by atoms with van der Waals surface area (Å²) in [6.07, 6.45) is 0. The first-order chi connectivity index (χ1) is 9.40. The smallest absolute Gasteiger partial charge is 0.261 e. The highest BCUT2D eigenvalue weighted by atomic mass is 35.5. The molecule has 5 nitrogen and oxygen atoms in total. The van der Waals surface area contributed by atoms with Crippen LogP contribution in [0.5, 0.6) is 0 Å². The van der Waals surface area contributed by atoms with Crippen molar-refractivity contribution in [3.8, 4) is 0 Å². The number of anilines is 1. The van der Waals surface area contributed by atoms with Crippen molar-refractivity contribution in [3.63, 3.8) is 0 Å². The number of carbonyl (C=O) groups is 1. The molecule has 0 aliphatic carbocycles. The Bertz CT molecular complexity index is 745. The second-order valence-electron chi connectivity index (χ2n) is 3.98. The van der Waals surface area contributed by atoms with Gasteiger partial charge < -0.3 is 5.73 Å². The maximum atomic E-state index is 12.1. The quantitative estimate of drug-likeness (QED) is 0.907. The third-order valence-corrected chi connectivity index (χ3v) is 4.26. The Balaban J connectivity index is 2.39. The van der Waals surface area contributed by atoms with E-state index in [0.29, 0.717) is 0 Å². The standard InChI is InChI=1S/C13H11ClN2O3S/c14-11-7-6-9(13(15)17)8-12(11)16-20(18,19)10-4-2-1-3-5-10/h1-8,16H,(H2,15,17). The number of amides is 1. The van der Waals surface area contributed by atoms with Crippen LogP contribution in [0.2, 0.25) is 5.02 Å². The van der Waals surface area contributed by atoms with E-state index in [1.165, 1.54) is 30.3 Å². The lowest BCUT2D eigenvalue weighted by Gasteiger charge is -2.10. The van der Waals surface area contributed by atoms with Crippen molar-refractivity contribution in [1.29, 1.82) is 0 Å². The maximum Gasteiger partial charge on any atom is 0.261 e. The molecule has 0 fully saturated rings. The van der Waals surface area contributed by atoms with Crippen molar-refractivity contribution >= 4 is 33.2 Å². The minimum absolute atomic E-state index is 0.0977. The van der Waals surface area contributed by atoms with Crippen LogP contribution >= 0.6 is 11.6 Å². The summed E-state index contributed by atoms with van der Waals surface area (Å²) in [7, 11) is -3.76. The van der Waals surface area contributed by atoms with Crippen molar-refractivity contribution in [2.45, 2.75) is 4.90 Å². The van der Waals surface area contributed by atoms with Crippen molar-refractivity contribution in [2.24, 2.45) is 5.73 Å². The molecule has 0 bridgehead atoms. The van der Waals surface area contributed by atoms with E-state index in [1.54, 1.807) is 18.2 Å². The third-order valence-electron chi connectivity index (χ3n) is 2.55. The zero-order valence-corrected chi connectivity index (χ0v) is 11.8. The van der Waals surface area contributed by atoms with E-state index < -0.39 is 15.9 Å². The number of rotatable bonds is 4. The molecule has 0 radical (unpaired) electrons. The number of benzene rings is 2. The van der Waals surface area contributed by atoms with Gasteiger partial charge in [-0.2, -0.15) is 0 Å². The van der Waals surface area contributed by atoms with Crippen molar-refractivity contribution in [3.05, 3.63) is 59.1 Å². The van der Waals surface area contributed by atoms with E-state index in [2.05, 4.69) is 4.72 Å². The van der Waals surface area contributed by atoms with Crippen LogP contribution in [0.25, 0.3) is 0 Å². The van der Waals surface area contributed by atoms with Crippen LogP contribution in [0.15, 0.2) is 53.4 Å². The molecule has 0 spiro atoms. The number of hydrogen-bond donors (Lipinski definition) is 2. The highest BCUT2D eigenvalue weighted by molar-refractivity contribution is 7.92. The first-order valence-electron chi connectivity index (χ1n) is 5.57. The summed E-state index contributed by atoms with van der Waals surface area (Å²) in [5.74, 6) is -0.665. The average molecular weight is 311 g/mol. The molecule has 2 aromatic rings. The Morgan fingerprint density at radius 1 is 1.10 bits per heavy atom. The third kappa shape index (κ3) is 3.09.